The lowest BCUT2D eigenvalue weighted by Gasteiger charge is -2.28. The van der Waals surface area contributed by atoms with Crippen LogP contribution in [0.3, 0.4) is 0 Å². The highest BCUT2D eigenvalue weighted by molar-refractivity contribution is 7.80. The van der Waals surface area contributed by atoms with Gasteiger partial charge in [0.2, 0.25) is 5.91 Å². The number of nitrogens with one attached hydrogen (secondary N) is 2. The van der Waals surface area contributed by atoms with Crippen molar-refractivity contribution < 1.29 is 9.53 Å². The molecule has 0 aliphatic carbocycles. The van der Waals surface area contributed by atoms with E-state index in [1.54, 1.807) is 13.3 Å². The van der Waals surface area contributed by atoms with Crippen LogP contribution >= 0.6 is 12.2 Å². The number of ether oxygens (including phenoxy) is 1. The third kappa shape index (κ3) is 5.14. The number of fused-ring (bicyclic) bond motifs is 1. The second-order valence-corrected chi connectivity index (χ2v) is 10.0. The predicted octanol–water partition coefficient (Wildman–Crippen LogP) is 5.30. The van der Waals surface area contributed by atoms with Gasteiger partial charge in [-0.1, -0.05) is 42.5 Å². The summed E-state index contributed by atoms with van der Waals surface area (Å²) in [6.45, 7) is 6.16. The molecule has 5 rings (SSSR count). The van der Waals surface area contributed by atoms with Crippen molar-refractivity contribution in [3.05, 3.63) is 95.6 Å². The number of thiocarbonyl (C=S) groups is 1. The fraction of sp³-hybridized carbons (Fsp3) is 0.300. The summed E-state index contributed by atoms with van der Waals surface area (Å²) >= 11 is 5.82. The molecular formula is C30H33N5O2S. The van der Waals surface area contributed by atoms with E-state index < -0.39 is 0 Å². The van der Waals surface area contributed by atoms with Gasteiger partial charge in [-0.25, -0.2) is 0 Å². The van der Waals surface area contributed by atoms with Crippen LogP contribution in [-0.2, 0) is 16.1 Å². The number of anilines is 1. The third-order valence-corrected chi connectivity index (χ3v) is 7.64. The first kappa shape index (κ1) is 25.9. The Labute approximate surface area is 228 Å². The maximum atomic E-state index is 13.1. The first-order valence-electron chi connectivity index (χ1n) is 12.9. The molecule has 7 nitrogen and oxygen atoms in total. The zero-order chi connectivity index (χ0) is 26.6. The van der Waals surface area contributed by atoms with Crippen LogP contribution in [0.15, 0.2) is 72.9 Å². The van der Waals surface area contributed by atoms with Gasteiger partial charge in [0.05, 0.1) is 24.4 Å². The molecule has 8 heteroatoms. The molecule has 2 aromatic carbocycles. The fourth-order valence-corrected chi connectivity index (χ4v) is 5.74. The van der Waals surface area contributed by atoms with Gasteiger partial charge in [-0.05, 0) is 61.3 Å². The fourth-order valence-electron chi connectivity index (χ4n) is 5.41. The van der Waals surface area contributed by atoms with E-state index in [9.17, 15) is 4.79 Å². The molecule has 1 saturated heterocycles. The van der Waals surface area contributed by atoms with Crippen LogP contribution in [0.4, 0.5) is 5.69 Å². The Balaban J connectivity index is 1.40. The monoisotopic (exact) mass is 527 g/mol. The smallest absolute Gasteiger partial charge is 0.226 e. The number of rotatable bonds is 9. The maximum Gasteiger partial charge on any atom is 0.226 e. The van der Waals surface area contributed by atoms with E-state index in [0.717, 1.165) is 28.7 Å². The zero-order valence-corrected chi connectivity index (χ0v) is 22.8. The van der Waals surface area contributed by atoms with Crippen molar-refractivity contribution in [1.82, 2.24) is 19.8 Å². The van der Waals surface area contributed by atoms with Crippen LogP contribution in [0.25, 0.3) is 10.8 Å². The van der Waals surface area contributed by atoms with Crippen molar-refractivity contribution in [1.29, 1.82) is 0 Å². The normalized spacial score (nSPS) is 17.1. The Hall–Kier alpha value is -3.75. The van der Waals surface area contributed by atoms with E-state index in [1.165, 1.54) is 17.0 Å². The summed E-state index contributed by atoms with van der Waals surface area (Å²) in [5.74, 6) is -0.0465. The summed E-state index contributed by atoms with van der Waals surface area (Å²) in [5, 5.41) is 9.35. The van der Waals surface area contributed by atoms with E-state index in [1.807, 2.05) is 60.7 Å². The molecule has 1 aliphatic rings. The van der Waals surface area contributed by atoms with Gasteiger partial charge in [0.25, 0.3) is 0 Å². The van der Waals surface area contributed by atoms with Crippen LogP contribution < -0.4 is 10.6 Å². The lowest BCUT2D eigenvalue weighted by molar-refractivity contribution is -0.116. The number of nitrogens with zero attached hydrogens (tertiary/aromatic N) is 3. The van der Waals surface area contributed by atoms with Gasteiger partial charge in [0, 0.05) is 55.3 Å². The maximum absolute atomic E-state index is 13.1. The number of hydrogen-bond donors (Lipinski definition) is 2. The van der Waals surface area contributed by atoms with Crippen molar-refractivity contribution in [2.75, 3.05) is 25.6 Å². The molecule has 1 amide bonds. The Kier molecular flexibility index (Phi) is 7.72. The van der Waals surface area contributed by atoms with Crippen molar-refractivity contribution in [2.45, 2.75) is 38.9 Å². The van der Waals surface area contributed by atoms with E-state index in [0.29, 0.717) is 24.7 Å². The van der Waals surface area contributed by atoms with Crippen LogP contribution in [0.2, 0.25) is 0 Å². The highest BCUT2D eigenvalue weighted by Crippen LogP contribution is 2.41. The number of carbonyl (C=O) groups excluding carboxylic acids is 1. The second kappa shape index (κ2) is 11.3. The Morgan fingerprint density at radius 1 is 1.08 bits per heavy atom. The molecule has 0 unspecified atom stereocenters. The van der Waals surface area contributed by atoms with Crippen LogP contribution in [0.1, 0.15) is 41.1 Å². The van der Waals surface area contributed by atoms with E-state index in [-0.39, 0.29) is 18.0 Å². The van der Waals surface area contributed by atoms with E-state index >= 15 is 0 Å². The Bertz CT molecular complexity index is 1450. The third-order valence-electron chi connectivity index (χ3n) is 7.29. The standard InChI is InChI=1S/C30H33N5O2S/c1-20-19-24(21(2)34(20)17-18-37-3)29-28(26-12-6-7-15-31-26)33-30(38)35(29)16-14-27(36)32-25-13-8-10-22-9-4-5-11-23(22)25/h4-13,15,19,28-29H,14,16-18H2,1-3H3,(H,32,36)(H,33,38)/t28-,29+/m1/s1. The first-order chi connectivity index (χ1) is 18.5. The molecule has 196 valence electrons. The summed E-state index contributed by atoms with van der Waals surface area (Å²) in [6.07, 6.45) is 2.11. The molecule has 0 spiro atoms. The highest BCUT2D eigenvalue weighted by Gasteiger charge is 2.41. The molecule has 0 radical (unpaired) electrons. The van der Waals surface area contributed by atoms with Gasteiger partial charge in [0.15, 0.2) is 5.11 Å². The Morgan fingerprint density at radius 2 is 1.87 bits per heavy atom. The van der Waals surface area contributed by atoms with Crippen molar-refractivity contribution in [3.8, 4) is 0 Å². The minimum atomic E-state index is -0.124. The number of aryl methyl sites for hydroxylation is 1. The molecule has 1 aliphatic heterocycles. The zero-order valence-electron chi connectivity index (χ0n) is 22.0. The van der Waals surface area contributed by atoms with Crippen LogP contribution in [0, 0.1) is 13.8 Å². The van der Waals surface area contributed by atoms with Gasteiger partial charge >= 0.3 is 0 Å². The number of pyridine rings is 1. The van der Waals surface area contributed by atoms with Crippen molar-refractivity contribution in [2.24, 2.45) is 0 Å². The minimum Gasteiger partial charge on any atom is -0.383 e. The molecule has 3 heterocycles. The average molecular weight is 528 g/mol. The number of amides is 1. The summed E-state index contributed by atoms with van der Waals surface area (Å²) < 4.78 is 7.62. The molecule has 38 heavy (non-hydrogen) atoms. The summed E-state index contributed by atoms with van der Waals surface area (Å²) in [4.78, 5) is 19.9. The Morgan fingerprint density at radius 3 is 2.66 bits per heavy atom. The molecular weight excluding hydrogens is 494 g/mol. The summed E-state index contributed by atoms with van der Waals surface area (Å²) in [5.41, 5.74) is 5.25. The lowest BCUT2D eigenvalue weighted by Crippen LogP contribution is -2.33. The first-order valence-corrected chi connectivity index (χ1v) is 13.3. The molecule has 4 aromatic rings. The van der Waals surface area contributed by atoms with E-state index in [4.69, 9.17) is 17.0 Å². The van der Waals surface area contributed by atoms with Crippen LogP contribution in [0.5, 0.6) is 0 Å². The molecule has 1 fully saturated rings. The molecule has 2 atom stereocenters. The SMILES string of the molecule is COCCn1c(C)cc([C@H]2[C@@H](c3ccccn3)NC(=S)N2CCC(=O)Nc2cccc3ccccc23)c1C. The highest BCUT2D eigenvalue weighted by atomic mass is 32.1. The van der Waals surface area contributed by atoms with Gasteiger partial charge in [-0.3, -0.25) is 9.78 Å². The quantitative estimate of drug-likeness (QED) is 0.288. The lowest BCUT2D eigenvalue weighted by atomic mass is 9.96. The van der Waals surface area contributed by atoms with E-state index in [2.05, 4.69) is 45.0 Å². The summed E-state index contributed by atoms with van der Waals surface area (Å²) in [6, 6.07) is 21.9. The molecule has 2 aromatic heterocycles. The number of carbonyl (C=O) groups is 1. The minimum absolute atomic E-state index is 0.0465. The topological polar surface area (TPSA) is 71.4 Å². The largest absolute Gasteiger partial charge is 0.383 e. The van der Waals surface area contributed by atoms with Gasteiger partial charge in [-0.2, -0.15) is 0 Å². The predicted molar refractivity (Wildman–Crippen MR) is 155 cm³/mol. The molecule has 0 saturated carbocycles. The van der Waals surface area contributed by atoms with Crippen LogP contribution in [-0.4, -0.2) is 45.7 Å². The molecule has 2 N–H and O–H groups in total. The van der Waals surface area contributed by atoms with Gasteiger partial charge in [-0.15, -0.1) is 0 Å². The number of hydrogen-bond acceptors (Lipinski definition) is 4. The average Bonchev–Trinajstić information content (AvgIpc) is 3.41. The second-order valence-electron chi connectivity index (χ2n) is 9.62. The van der Waals surface area contributed by atoms with Crippen molar-refractivity contribution in [3.63, 3.8) is 0 Å². The summed E-state index contributed by atoms with van der Waals surface area (Å²) in [7, 11) is 1.72. The van der Waals surface area contributed by atoms with Gasteiger partial charge < -0.3 is 24.8 Å². The number of aromatic nitrogens is 2. The van der Waals surface area contributed by atoms with Crippen molar-refractivity contribution >= 4 is 39.7 Å². The number of methoxy groups -OCH3 is 1. The van der Waals surface area contributed by atoms with Gasteiger partial charge in [0.1, 0.15) is 0 Å². The molecule has 0 bridgehead atoms. The number of benzene rings is 2.